The van der Waals surface area contributed by atoms with Crippen LogP contribution in [0.4, 0.5) is 24.5 Å². The van der Waals surface area contributed by atoms with E-state index < -0.39 is 29.1 Å². The number of carbonyl (C=O) groups is 2. The van der Waals surface area contributed by atoms with Gasteiger partial charge in [0.15, 0.2) is 6.61 Å². The molecule has 0 aliphatic rings. The Morgan fingerprint density at radius 2 is 1.70 bits per heavy atom. The van der Waals surface area contributed by atoms with Crippen molar-refractivity contribution < 1.29 is 32.2 Å². The van der Waals surface area contributed by atoms with Crippen LogP contribution >= 0.6 is 0 Å². The standard InChI is InChI=1S/C27H22F3N3O4/c1-17-5-3-7-21(11-17)32-25(34)16-37-24-14-23(36-2)10-9-18(24)12-19(15-31)26(35)33-22-8-4-6-20(13-22)27(28,29)30/h3-14H,16H2,1-2H3,(H,32,34)(H,33,35)/b19-12+. The Bertz CT molecular complexity index is 1380. The van der Waals surface area contributed by atoms with Gasteiger partial charge < -0.3 is 20.1 Å². The molecule has 3 aromatic rings. The van der Waals surface area contributed by atoms with Crippen LogP contribution in [0.15, 0.2) is 72.3 Å². The van der Waals surface area contributed by atoms with Crippen LogP contribution in [0.2, 0.25) is 0 Å². The quantitative estimate of drug-likeness (QED) is 0.305. The molecule has 0 fully saturated rings. The smallest absolute Gasteiger partial charge is 0.416 e. The first-order valence-corrected chi connectivity index (χ1v) is 10.9. The number of halogens is 3. The number of ether oxygens (including phenoxy) is 2. The van der Waals surface area contributed by atoms with Crippen molar-refractivity contribution >= 4 is 29.3 Å². The van der Waals surface area contributed by atoms with E-state index in [0.717, 1.165) is 23.8 Å². The highest BCUT2D eigenvalue weighted by Crippen LogP contribution is 2.31. The lowest BCUT2D eigenvalue weighted by atomic mass is 10.1. The molecular formula is C27H22F3N3O4. The van der Waals surface area contributed by atoms with E-state index in [1.54, 1.807) is 30.3 Å². The van der Waals surface area contributed by atoms with E-state index in [1.165, 1.54) is 31.4 Å². The number of anilines is 2. The second-order valence-electron chi connectivity index (χ2n) is 7.81. The third-order valence-corrected chi connectivity index (χ3v) is 4.99. The van der Waals surface area contributed by atoms with Crippen molar-refractivity contribution in [3.05, 3.63) is 89.0 Å². The molecule has 37 heavy (non-hydrogen) atoms. The van der Waals surface area contributed by atoms with Crippen molar-refractivity contribution in [3.63, 3.8) is 0 Å². The number of nitrogens with zero attached hydrogens (tertiary/aromatic N) is 1. The lowest BCUT2D eigenvalue weighted by Gasteiger charge is -2.12. The fourth-order valence-electron chi connectivity index (χ4n) is 3.22. The molecule has 0 saturated carbocycles. The number of hydrogen-bond acceptors (Lipinski definition) is 5. The van der Waals surface area contributed by atoms with Gasteiger partial charge in [0.2, 0.25) is 0 Å². The number of carbonyl (C=O) groups excluding carboxylic acids is 2. The molecule has 3 rings (SSSR count). The zero-order chi connectivity index (χ0) is 27.0. The Morgan fingerprint density at radius 1 is 1.00 bits per heavy atom. The highest BCUT2D eigenvalue weighted by atomic mass is 19.4. The summed E-state index contributed by atoms with van der Waals surface area (Å²) >= 11 is 0. The van der Waals surface area contributed by atoms with E-state index in [0.29, 0.717) is 11.4 Å². The van der Waals surface area contributed by atoms with Crippen LogP contribution in [0.3, 0.4) is 0 Å². The number of rotatable bonds is 8. The first kappa shape index (κ1) is 26.8. The lowest BCUT2D eigenvalue weighted by Crippen LogP contribution is -2.20. The topological polar surface area (TPSA) is 100 Å². The van der Waals surface area contributed by atoms with Gasteiger partial charge in [-0.2, -0.15) is 18.4 Å². The fourth-order valence-corrected chi connectivity index (χ4v) is 3.22. The minimum absolute atomic E-state index is 0.125. The Kier molecular flexibility index (Phi) is 8.53. The molecular weight excluding hydrogens is 487 g/mol. The molecule has 0 heterocycles. The minimum atomic E-state index is -4.59. The zero-order valence-corrected chi connectivity index (χ0v) is 19.8. The van der Waals surface area contributed by atoms with Gasteiger partial charge in [0.05, 0.1) is 12.7 Å². The largest absolute Gasteiger partial charge is 0.497 e. The number of nitriles is 1. The van der Waals surface area contributed by atoms with E-state index in [2.05, 4.69) is 10.6 Å². The van der Waals surface area contributed by atoms with Gasteiger partial charge in [-0.3, -0.25) is 9.59 Å². The number of benzene rings is 3. The molecule has 3 aromatic carbocycles. The van der Waals surface area contributed by atoms with Crippen LogP contribution in [-0.4, -0.2) is 25.5 Å². The molecule has 0 aliphatic carbocycles. The Hall–Kier alpha value is -4.78. The lowest BCUT2D eigenvalue weighted by molar-refractivity contribution is -0.137. The third kappa shape index (κ3) is 7.60. The molecule has 7 nitrogen and oxygen atoms in total. The normalized spacial score (nSPS) is 11.3. The summed E-state index contributed by atoms with van der Waals surface area (Å²) in [6.07, 6.45) is -3.38. The van der Waals surface area contributed by atoms with Crippen LogP contribution in [-0.2, 0) is 15.8 Å². The minimum Gasteiger partial charge on any atom is -0.497 e. The van der Waals surface area contributed by atoms with Crippen LogP contribution in [0.25, 0.3) is 6.08 Å². The highest BCUT2D eigenvalue weighted by Gasteiger charge is 2.30. The number of hydrogen-bond donors (Lipinski definition) is 2. The van der Waals surface area contributed by atoms with Crippen LogP contribution < -0.4 is 20.1 Å². The number of nitrogens with one attached hydrogen (secondary N) is 2. The molecule has 190 valence electrons. The molecule has 0 saturated heterocycles. The van der Waals surface area contributed by atoms with Gasteiger partial charge in [-0.1, -0.05) is 18.2 Å². The van der Waals surface area contributed by atoms with Crippen LogP contribution in [0.1, 0.15) is 16.7 Å². The number of methoxy groups -OCH3 is 1. The van der Waals surface area contributed by atoms with E-state index >= 15 is 0 Å². The zero-order valence-electron chi connectivity index (χ0n) is 19.8. The summed E-state index contributed by atoms with van der Waals surface area (Å²) in [4.78, 5) is 25.0. The predicted octanol–water partition coefficient (Wildman–Crippen LogP) is 5.59. The average molecular weight is 509 g/mol. The van der Waals surface area contributed by atoms with Crippen molar-refractivity contribution in [3.8, 4) is 17.6 Å². The predicted molar refractivity (Wildman–Crippen MR) is 132 cm³/mol. The fraction of sp³-hybridized carbons (Fsp3) is 0.148. The van der Waals surface area contributed by atoms with E-state index in [4.69, 9.17) is 9.47 Å². The summed E-state index contributed by atoms with van der Waals surface area (Å²) in [5.41, 5.74) is 0.378. The summed E-state index contributed by atoms with van der Waals surface area (Å²) in [6.45, 7) is 1.51. The van der Waals surface area contributed by atoms with Gasteiger partial charge in [0, 0.05) is 23.0 Å². The van der Waals surface area contributed by atoms with Crippen molar-refractivity contribution in [2.75, 3.05) is 24.4 Å². The first-order chi connectivity index (χ1) is 17.6. The summed E-state index contributed by atoms with van der Waals surface area (Å²) < 4.78 is 49.7. The van der Waals surface area contributed by atoms with Gasteiger partial charge in [-0.15, -0.1) is 0 Å². The SMILES string of the molecule is COc1ccc(/C=C(\C#N)C(=O)Nc2cccc(C(F)(F)F)c2)c(OCC(=O)Nc2cccc(C)c2)c1. The molecule has 0 bridgehead atoms. The van der Waals surface area contributed by atoms with Crippen molar-refractivity contribution in [2.24, 2.45) is 0 Å². The van der Waals surface area contributed by atoms with Crippen molar-refractivity contribution in [1.29, 1.82) is 5.26 Å². The van der Waals surface area contributed by atoms with Crippen LogP contribution in [0, 0.1) is 18.3 Å². The maximum atomic E-state index is 13.0. The van der Waals surface area contributed by atoms with Crippen molar-refractivity contribution in [1.82, 2.24) is 0 Å². The second kappa shape index (κ2) is 11.8. The molecule has 0 radical (unpaired) electrons. The Morgan fingerprint density at radius 3 is 2.35 bits per heavy atom. The summed E-state index contributed by atoms with van der Waals surface area (Å²) in [6, 6.07) is 17.5. The average Bonchev–Trinajstić information content (AvgIpc) is 2.86. The summed E-state index contributed by atoms with van der Waals surface area (Å²) in [5, 5.41) is 14.5. The summed E-state index contributed by atoms with van der Waals surface area (Å²) in [7, 11) is 1.43. The van der Waals surface area contributed by atoms with E-state index in [1.807, 2.05) is 13.0 Å². The number of alkyl halides is 3. The molecule has 0 unspecified atom stereocenters. The van der Waals surface area contributed by atoms with E-state index in [9.17, 15) is 28.0 Å². The molecule has 10 heteroatoms. The van der Waals surface area contributed by atoms with Gasteiger partial charge >= 0.3 is 6.18 Å². The molecule has 0 aliphatic heterocycles. The maximum Gasteiger partial charge on any atom is 0.416 e. The Balaban J connectivity index is 1.79. The number of amides is 2. The van der Waals surface area contributed by atoms with Crippen molar-refractivity contribution in [2.45, 2.75) is 13.1 Å². The van der Waals surface area contributed by atoms with Gasteiger partial charge in [0.1, 0.15) is 23.1 Å². The first-order valence-electron chi connectivity index (χ1n) is 10.9. The summed E-state index contributed by atoms with van der Waals surface area (Å²) in [5.74, 6) is -0.802. The van der Waals surface area contributed by atoms with Gasteiger partial charge in [-0.25, -0.2) is 0 Å². The second-order valence-corrected chi connectivity index (χ2v) is 7.81. The highest BCUT2D eigenvalue weighted by molar-refractivity contribution is 6.09. The number of aryl methyl sites for hydroxylation is 1. The monoisotopic (exact) mass is 509 g/mol. The molecule has 2 N–H and O–H groups in total. The molecule has 2 amide bonds. The van der Waals surface area contributed by atoms with Gasteiger partial charge in [0.25, 0.3) is 11.8 Å². The van der Waals surface area contributed by atoms with Crippen LogP contribution in [0.5, 0.6) is 11.5 Å². The Labute approximate surface area is 211 Å². The van der Waals surface area contributed by atoms with E-state index in [-0.39, 0.29) is 23.6 Å². The van der Waals surface area contributed by atoms with Gasteiger partial charge in [-0.05, 0) is 61.0 Å². The third-order valence-electron chi connectivity index (χ3n) is 4.99. The molecule has 0 spiro atoms. The maximum absolute atomic E-state index is 13.0. The molecule has 0 aromatic heterocycles. The molecule has 0 atom stereocenters.